The standard InChI is InChI=1S/C25H29F5N4O2/c1-3-33(17-7-8-18(26)19(27)12-17)24(36)21-11-16(32-20-5-4-6-22(20)35)13-34(21)23-10-15(25(28,29)30)9-14(2)31-23/h7-10,12,16,20-22,32,35H,3-6,11,13H2,1-2H3/t16-,20-,21-,22+/m0/s1. The molecule has 1 aromatic heterocycles. The van der Waals surface area contributed by atoms with Crippen LogP contribution in [0.5, 0.6) is 0 Å². The molecule has 11 heteroatoms. The molecule has 0 radical (unpaired) electrons. The maximum Gasteiger partial charge on any atom is 0.416 e. The summed E-state index contributed by atoms with van der Waals surface area (Å²) in [7, 11) is 0. The number of aliphatic hydroxyl groups excluding tert-OH is 1. The van der Waals surface area contributed by atoms with E-state index in [1.165, 1.54) is 22.8 Å². The molecule has 2 aliphatic rings. The summed E-state index contributed by atoms with van der Waals surface area (Å²) in [6.07, 6.45) is -2.60. The van der Waals surface area contributed by atoms with Gasteiger partial charge < -0.3 is 20.2 Å². The van der Waals surface area contributed by atoms with Crippen molar-refractivity contribution in [1.29, 1.82) is 0 Å². The van der Waals surface area contributed by atoms with Gasteiger partial charge in [0.1, 0.15) is 11.9 Å². The number of hydrogen-bond donors (Lipinski definition) is 2. The summed E-state index contributed by atoms with van der Waals surface area (Å²) in [5, 5.41) is 13.6. The number of anilines is 2. The Bertz CT molecular complexity index is 1110. The predicted molar refractivity (Wildman–Crippen MR) is 125 cm³/mol. The minimum atomic E-state index is -4.59. The van der Waals surface area contributed by atoms with Crippen molar-refractivity contribution in [3.8, 4) is 0 Å². The monoisotopic (exact) mass is 512 g/mol. The lowest BCUT2D eigenvalue weighted by molar-refractivity contribution is -0.137. The predicted octanol–water partition coefficient (Wildman–Crippen LogP) is 4.19. The van der Waals surface area contributed by atoms with Gasteiger partial charge in [0, 0.05) is 42.6 Å². The lowest BCUT2D eigenvalue weighted by atomic mass is 10.1. The molecule has 0 unspecified atom stereocenters. The number of aromatic nitrogens is 1. The number of aliphatic hydroxyl groups is 1. The number of benzene rings is 1. The van der Waals surface area contributed by atoms with Crippen LogP contribution in [0, 0.1) is 18.6 Å². The van der Waals surface area contributed by atoms with Crippen LogP contribution in [0.3, 0.4) is 0 Å². The molecule has 1 saturated carbocycles. The molecule has 0 spiro atoms. The molecule has 1 amide bonds. The maximum atomic E-state index is 13.9. The highest BCUT2D eigenvalue weighted by atomic mass is 19.4. The van der Waals surface area contributed by atoms with Crippen LogP contribution in [0.2, 0.25) is 0 Å². The van der Waals surface area contributed by atoms with Crippen LogP contribution >= 0.6 is 0 Å². The minimum Gasteiger partial charge on any atom is -0.392 e. The van der Waals surface area contributed by atoms with Gasteiger partial charge in [-0.25, -0.2) is 13.8 Å². The number of carbonyl (C=O) groups is 1. The van der Waals surface area contributed by atoms with Crippen LogP contribution in [0.4, 0.5) is 33.5 Å². The molecule has 1 aliphatic heterocycles. The SMILES string of the molecule is CCN(C(=O)[C@@H]1C[C@H](N[C@H]2CCC[C@H]2O)CN1c1cc(C(F)(F)F)cc(C)n1)c1ccc(F)c(F)c1. The van der Waals surface area contributed by atoms with Gasteiger partial charge in [-0.05, 0) is 63.8 Å². The Morgan fingerprint density at radius 1 is 1.19 bits per heavy atom. The van der Waals surface area contributed by atoms with Gasteiger partial charge in [-0.1, -0.05) is 0 Å². The second-order valence-electron chi connectivity index (χ2n) is 9.41. The number of alkyl halides is 3. The maximum absolute atomic E-state index is 13.9. The number of nitrogens with zero attached hydrogens (tertiary/aromatic N) is 3. The Morgan fingerprint density at radius 2 is 1.94 bits per heavy atom. The van der Waals surface area contributed by atoms with E-state index in [1.54, 1.807) is 6.92 Å². The van der Waals surface area contributed by atoms with E-state index < -0.39 is 41.4 Å². The van der Waals surface area contributed by atoms with Gasteiger partial charge in [0.25, 0.3) is 0 Å². The summed E-state index contributed by atoms with van der Waals surface area (Å²) in [4.78, 5) is 20.8. The fraction of sp³-hybridized carbons (Fsp3) is 0.520. The highest BCUT2D eigenvalue weighted by Crippen LogP contribution is 2.35. The second-order valence-corrected chi connectivity index (χ2v) is 9.41. The van der Waals surface area contributed by atoms with Crippen LogP contribution in [0.25, 0.3) is 0 Å². The van der Waals surface area contributed by atoms with Crippen molar-refractivity contribution in [3.63, 3.8) is 0 Å². The third-order valence-corrected chi connectivity index (χ3v) is 6.87. The molecule has 1 saturated heterocycles. The van der Waals surface area contributed by atoms with E-state index in [9.17, 15) is 31.9 Å². The van der Waals surface area contributed by atoms with Gasteiger partial charge in [0.15, 0.2) is 11.6 Å². The number of carbonyl (C=O) groups excluding carboxylic acids is 1. The van der Waals surface area contributed by atoms with Crippen molar-refractivity contribution in [1.82, 2.24) is 10.3 Å². The van der Waals surface area contributed by atoms with Crippen LogP contribution in [-0.4, -0.2) is 53.3 Å². The quantitative estimate of drug-likeness (QED) is 0.569. The van der Waals surface area contributed by atoms with E-state index in [2.05, 4.69) is 10.3 Å². The van der Waals surface area contributed by atoms with E-state index >= 15 is 0 Å². The van der Waals surface area contributed by atoms with Crippen LogP contribution in [0.1, 0.15) is 43.9 Å². The zero-order chi connectivity index (χ0) is 26.2. The van der Waals surface area contributed by atoms with Gasteiger partial charge in [-0.3, -0.25) is 4.79 Å². The van der Waals surface area contributed by atoms with Gasteiger partial charge in [-0.2, -0.15) is 13.2 Å². The van der Waals surface area contributed by atoms with Crippen molar-refractivity contribution in [2.45, 2.75) is 69.9 Å². The Hall–Kier alpha value is -2.79. The number of aryl methyl sites for hydroxylation is 1. The lowest BCUT2D eigenvalue weighted by Crippen LogP contribution is -2.46. The lowest BCUT2D eigenvalue weighted by Gasteiger charge is -2.30. The molecule has 2 heterocycles. The molecular weight excluding hydrogens is 483 g/mol. The van der Waals surface area contributed by atoms with Gasteiger partial charge >= 0.3 is 6.18 Å². The van der Waals surface area contributed by atoms with E-state index in [-0.39, 0.29) is 48.8 Å². The van der Waals surface area contributed by atoms with Gasteiger partial charge in [0.2, 0.25) is 5.91 Å². The van der Waals surface area contributed by atoms with Gasteiger partial charge in [-0.15, -0.1) is 0 Å². The molecule has 36 heavy (non-hydrogen) atoms. The first-order chi connectivity index (χ1) is 17.0. The molecule has 6 nitrogen and oxygen atoms in total. The van der Waals surface area contributed by atoms with Crippen molar-refractivity contribution in [2.75, 3.05) is 22.9 Å². The summed E-state index contributed by atoms with van der Waals surface area (Å²) >= 11 is 0. The van der Waals surface area contributed by atoms with Crippen molar-refractivity contribution in [2.24, 2.45) is 0 Å². The minimum absolute atomic E-state index is 0.0123. The zero-order valence-corrected chi connectivity index (χ0v) is 20.0. The summed E-state index contributed by atoms with van der Waals surface area (Å²) in [5.41, 5.74) is -0.564. The molecule has 2 N–H and O–H groups in total. The number of nitrogens with one attached hydrogen (secondary N) is 1. The summed E-state index contributed by atoms with van der Waals surface area (Å²) in [5.74, 6) is -2.60. The van der Waals surface area contributed by atoms with Crippen molar-refractivity contribution < 1.29 is 31.9 Å². The first-order valence-electron chi connectivity index (χ1n) is 12.0. The summed E-state index contributed by atoms with van der Waals surface area (Å²) in [6.45, 7) is 3.47. The third-order valence-electron chi connectivity index (χ3n) is 6.87. The average molecular weight is 513 g/mol. The number of rotatable bonds is 6. The number of halogens is 5. The van der Waals surface area contributed by atoms with E-state index in [0.717, 1.165) is 37.1 Å². The van der Waals surface area contributed by atoms with Crippen LogP contribution in [0.15, 0.2) is 30.3 Å². The second kappa shape index (κ2) is 10.3. The smallest absolute Gasteiger partial charge is 0.392 e. The molecule has 4 atom stereocenters. The molecule has 4 rings (SSSR count). The van der Waals surface area contributed by atoms with Crippen molar-refractivity contribution in [3.05, 3.63) is 53.2 Å². The molecule has 1 aromatic carbocycles. The highest BCUT2D eigenvalue weighted by molar-refractivity contribution is 5.99. The number of likely N-dealkylation sites (N-methyl/N-ethyl adjacent to an activating group) is 1. The van der Waals surface area contributed by atoms with Crippen LogP contribution < -0.4 is 15.1 Å². The van der Waals surface area contributed by atoms with E-state index in [1.807, 2.05) is 0 Å². The molecule has 2 aromatic rings. The first-order valence-corrected chi connectivity index (χ1v) is 12.0. The third kappa shape index (κ3) is 5.46. The number of amides is 1. The normalized spacial score (nSPS) is 24.4. The fourth-order valence-electron chi connectivity index (χ4n) is 5.14. The first kappa shape index (κ1) is 26.3. The molecule has 0 bridgehead atoms. The Kier molecular flexibility index (Phi) is 7.51. The van der Waals surface area contributed by atoms with Crippen LogP contribution in [-0.2, 0) is 11.0 Å². The average Bonchev–Trinajstić information content (AvgIpc) is 3.42. The topological polar surface area (TPSA) is 68.7 Å². The summed E-state index contributed by atoms with van der Waals surface area (Å²) < 4.78 is 68.0. The summed E-state index contributed by atoms with van der Waals surface area (Å²) in [6, 6.07) is 3.64. The molecule has 196 valence electrons. The Balaban J connectivity index is 1.68. The van der Waals surface area contributed by atoms with E-state index in [4.69, 9.17) is 0 Å². The highest BCUT2D eigenvalue weighted by Gasteiger charge is 2.42. The van der Waals surface area contributed by atoms with Crippen molar-refractivity contribution >= 4 is 17.4 Å². The fourth-order valence-corrected chi connectivity index (χ4v) is 5.14. The molecular formula is C25H29F5N4O2. The molecule has 1 aliphatic carbocycles. The molecule has 2 fully saturated rings. The number of hydrogen-bond acceptors (Lipinski definition) is 5. The largest absolute Gasteiger partial charge is 0.416 e. The zero-order valence-electron chi connectivity index (χ0n) is 20.0. The van der Waals surface area contributed by atoms with E-state index in [0.29, 0.717) is 6.42 Å². The Labute approximate surface area is 206 Å². The van der Waals surface area contributed by atoms with Gasteiger partial charge in [0.05, 0.1) is 11.7 Å². The number of pyridine rings is 1. The Morgan fingerprint density at radius 3 is 2.56 bits per heavy atom.